The lowest BCUT2D eigenvalue weighted by atomic mass is 9.55. The molecule has 0 heterocycles. The van der Waals surface area contributed by atoms with Crippen molar-refractivity contribution in [2.24, 2.45) is 0 Å². The highest BCUT2D eigenvalue weighted by Crippen LogP contribution is 1.92. The van der Waals surface area contributed by atoms with Crippen LogP contribution in [0.4, 0.5) is 0 Å². The van der Waals surface area contributed by atoms with Crippen LogP contribution >= 0.6 is 0 Å². The zero-order valence-corrected chi connectivity index (χ0v) is 8.76. The van der Waals surface area contributed by atoms with Crippen molar-refractivity contribution < 1.29 is 4.65 Å². The van der Waals surface area contributed by atoms with Crippen LogP contribution in [0.15, 0.2) is 60.7 Å². The summed E-state index contributed by atoms with van der Waals surface area (Å²) >= 11 is 0. The first-order chi connectivity index (χ1) is 7.42. The first-order valence-corrected chi connectivity index (χ1v) is 5.04. The minimum absolute atomic E-state index is 0.0346. The molecule has 0 N–H and O–H groups in total. The molecule has 0 aromatic heterocycles. The fraction of sp³-hybridized carbons (Fsp3) is 0.0769. The van der Waals surface area contributed by atoms with Gasteiger partial charge < -0.3 is 4.65 Å². The maximum Gasteiger partial charge on any atom is 0.361 e. The van der Waals surface area contributed by atoms with Crippen molar-refractivity contribution in [3.8, 4) is 0 Å². The Kier molecular flexibility index (Phi) is 3.20. The van der Waals surface area contributed by atoms with Crippen molar-refractivity contribution in [3.63, 3.8) is 0 Å². The fourth-order valence-corrected chi connectivity index (χ4v) is 1.72. The van der Waals surface area contributed by atoms with Crippen LogP contribution in [0.2, 0.25) is 0 Å². The van der Waals surface area contributed by atoms with Gasteiger partial charge in [0, 0.05) is 7.11 Å². The highest BCUT2D eigenvalue weighted by atomic mass is 16.4. The maximum atomic E-state index is 5.52. The topological polar surface area (TPSA) is 9.23 Å². The second-order valence-corrected chi connectivity index (χ2v) is 3.44. The summed E-state index contributed by atoms with van der Waals surface area (Å²) in [4.78, 5) is 0. The molecule has 0 amide bonds. The average molecular weight is 196 g/mol. The van der Waals surface area contributed by atoms with Gasteiger partial charge in [-0.1, -0.05) is 60.7 Å². The number of benzene rings is 2. The van der Waals surface area contributed by atoms with Gasteiger partial charge in [-0.25, -0.2) is 0 Å². The first kappa shape index (κ1) is 10.00. The van der Waals surface area contributed by atoms with Gasteiger partial charge in [-0.2, -0.15) is 0 Å². The van der Waals surface area contributed by atoms with Gasteiger partial charge >= 0.3 is 6.92 Å². The Balaban J connectivity index is 2.34. The SMILES string of the molecule is COB(c1ccccc1)c1ccccc1. The molecule has 0 fully saturated rings. The Labute approximate surface area is 90.8 Å². The monoisotopic (exact) mass is 196 g/mol. The molecule has 0 aliphatic carbocycles. The predicted octanol–water partition coefficient (Wildman–Crippen LogP) is 1.44. The number of hydrogen-bond acceptors (Lipinski definition) is 1. The molecule has 0 bridgehead atoms. The zero-order valence-electron chi connectivity index (χ0n) is 8.76. The average Bonchev–Trinajstić information content (AvgIpc) is 2.33. The summed E-state index contributed by atoms with van der Waals surface area (Å²) < 4.78 is 5.52. The number of hydrogen-bond donors (Lipinski definition) is 0. The highest BCUT2D eigenvalue weighted by molar-refractivity contribution is 6.79. The van der Waals surface area contributed by atoms with Gasteiger partial charge in [0.15, 0.2) is 0 Å². The van der Waals surface area contributed by atoms with E-state index in [2.05, 4.69) is 24.3 Å². The molecule has 2 aromatic rings. The third-order valence-corrected chi connectivity index (χ3v) is 2.44. The van der Waals surface area contributed by atoms with Gasteiger partial charge in [0.05, 0.1) is 0 Å². The highest BCUT2D eigenvalue weighted by Gasteiger charge is 2.18. The van der Waals surface area contributed by atoms with Crippen LogP contribution in [-0.4, -0.2) is 14.0 Å². The Hall–Kier alpha value is -1.54. The lowest BCUT2D eigenvalue weighted by molar-refractivity contribution is 0.439. The van der Waals surface area contributed by atoms with Crippen LogP contribution in [0.3, 0.4) is 0 Å². The molecule has 15 heavy (non-hydrogen) atoms. The van der Waals surface area contributed by atoms with Crippen LogP contribution in [0.5, 0.6) is 0 Å². The third kappa shape index (κ3) is 2.28. The van der Waals surface area contributed by atoms with Gasteiger partial charge in [0.25, 0.3) is 0 Å². The molecule has 0 unspecified atom stereocenters. The van der Waals surface area contributed by atoms with Crippen molar-refractivity contribution in [3.05, 3.63) is 60.7 Å². The van der Waals surface area contributed by atoms with E-state index in [9.17, 15) is 0 Å². The normalized spacial score (nSPS) is 9.93. The van der Waals surface area contributed by atoms with Crippen LogP contribution < -0.4 is 10.9 Å². The molecule has 0 aliphatic heterocycles. The van der Waals surface area contributed by atoms with Crippen LogP contribution in [-0.2, 0) is 4.65 Å². The molecular weight excluding hydrogens is 183 g/mol. The summed E-state index contributed by atoms with van der Waals surface area (Å²) in [6, 6.07) is 20.5. The Morgan fingerprint density at radius 1 is 0.733 bits per heavy atom. The lowest BCUT2D eigenvalue weighted by Crippen LogP contribution is -2.43. The molecule has 0 spiro atoms. The smallest absolute Gasteiger partial charge is 0.361 e. The van der Waals surface area contributed by atoms with E-state index in [1.54, 1.807) is 7.11 Å². The standard InChI is InChI=1S/C13H13BO/c1-15-14(12-8-4-2-5-9-12)13-10-6-3-7-11-13/h2-11H,1H3. The summed E-state index contributed by atoms with van der Waals surface area (Å²) in [6.07, 6.45) is 0. The maximum absolute atomic E-state index is 5.52. The summed E-state index contributed by atoms with van der Waals surface area (Å²) in [5.41, 5.74) is 2.37. The Morgan fingerprint density at radius 2 is 1.13 bits per heavy atom. The molecule has 0 aliphatic rings. The van der Waals surface area contributed by atoms with Gasteiger partial charge in [-0.05, 0) is 10.9 Å². The van der Waals surface area contributed by atoms with Crippen molar-refractivity contribution in [2.75, 3.05) is 7.11 Å². The minimum Gasteiger partial charge on any atom is -0.430 e. The molecule has 1 nitrogen and oxygen atoms in total. The van der Waals surface area contributed by atoms with Gasteiger partial charge in [0.1, 0.15) is 0 Å². The molecule has 2 aromatic carbocycles. The molecular formula is C13H13BO. The van der Waals surface area contributed by atoms with Gasteiger partial charge in [-0.15, -0.1) is 0 Å². The molecule has 0 saturated carbocycles. The van der Waals surface area contributed by atoms with E-state index in [4.69, 9.17) is 4.65 Å². The molecule has 0 radical (unpaired) electrons. The summed E-state index contributed by atoms with van der Waals surface area (Å²) in [5.74, 6) is 0. The Bertz CT molecular complexity index is 360. The summed E-state index contributed by atoms with van der Waals surface area (Å²) in [7, 11) is 1.74. The van der Waals surface area contributed by atoms with E-state index in [1.165, 1.54) is 10.9 Å². The molecule has 0 atom stereocenters. The quantitative estimate of drug-likeness (QED) is 0.675. The predicted molar refractivity (Wildman–Crippen MR) is 64.9 cm³/mol. The molecule has 2 rings (SSSR count). The van der Waals surface area contributed by atoms with E-state index in [0.29, 0.717) is 0 Å². The van der Waals surface area contributed by atoms with Crippen LogP contribution in [0.1, 0.15) is 0 Å². The van der Waals surface area contributed by atoms with Gasteiger partial charge in [-0.3, -0.25) is 0 Å². The summed E-state index contributed by atoms with van der Waals surface area (Å²) in [5, 5.41) is 0. The van der Waals surface area contributed by atoms with Crippen LogP contribution in [0, 0.1) is 0 Å². The van der Waals surface area contributed by atoms with Crippen LogP contribution in [0.25, 0.3) is 0 Å². The van der Waals surface area contributed by atoms with Crippen molar-refractivity contribution in [1.29, 1.82) is 0 Å². The lowest BCUT2D eigenvalue weighted by Gasteiger charge is -2.11. The number of rotatable bonds is 3. The van der Waals surface area contributed by atoms with Gasteiger partial charge in [0.2, 0.25) is 0 Å². The van der Waals surface area contributed by atoms with Crippen molar-refractivity contribution >= 4 is 17.8 Å². The van der Waals surface area contributed by atoms with E-state index in [0.717, 1.165) is 0 Å². The van der Waals surface area contributed by atoms with Crippen molar-refractivity contribution in [2.45, 2.75) is 0 Å². The molecule has 2 heteroatoms. The van der Waals surface area contributed by atoms with E-state index in [-0.39, 0.29) is 6.92 Å². The fourth-order valence-electron chi connectivity index (χ4n) is 1.72. The van der Waals surface area contributed by atoms with E-state index < -0.39 is 0 Å². The zero-order chi connectivity index (χ0) is 10.5. The second kappa shape index (κ2) is 4.81. The minimum atomic E-state index is 0.0346. The Morgan fingerprint density at radius 3 is 1.47 bits per heavy atom. The van der Waals surface area contributed by atoms with Crippen molar-refractivity contribution in [1.82, 2.24) is 0 Å². The summed E-state index contributed by atoms with van der Waals surface area (Å²) in [6.45, 7) is 0.0346. The largest absolute Gasteiger partial charge is 0.430 e. The van der Waals surface area contributed by atoms with E-state index in [1.807, 2.05) is 36.4 Å². The molecule has 74 valence electrons. The third-order valence-electron chi connectivity index (χ3n) is 2.44. The van der Waals surface area contributed by atoms with E-state index >= 15 is 0 Å². The first-order valence-electron chi connectivity index (χ1n) is 5.04. The second-order valence-electron chi connectivity index (χ2n) is 3.44. The molecule has 0 saturated heterocycles.